The molecule has 10 aromatic heterocycles. The molecule has 0 aliphatic rings. The van der Waals surface area contributed by atoms with Crippen LogP contribution in [0.4, 0.5) is 0 Å². The molecule has 15 heteroatoms. The minimum absolute atomic E-state index is 0.314. The summed E-state index contributed by atoms with van der Waals surface area (Å²) in [5.41, 5.74) is 23.9. The zero-order valence-corrected chi connectivity index (χ0v) is 74.0. The van der Waals surface area contributed by atoms with Crippen molar-refractivity contribution in [3.8, 4) is 56.8 Å². The molecule has 0 unspecified atom stereocenters. The van der Waals surface area contributed by atoms with Gasteiger partial charge in [0.2, 0.25) is 5.69 Å². The summed E-state index contributed by atoms with van der Waals surface area (Å²) in [7, 11) is 10.0. The number of aryl methyl sites for hydroxylation is 13. The van der Waals surface area contributed by atoms with Crippen molar-refractivity contribution in [1.82, 2.24) is 24.9 Å². The van der Waals surface area contributed by atoms with Gasteiger partial charge in [0.25, 0.3) is 0 Å². The Morgan fingerprint density at radius 1 is 0.264 bits per heavy atom. The first-order valence-electron chi connectivity index (χ1n) is 44.8. The minimum Gasteiger partial charge on any atom is -0.454 e. The van der Waals surface area contributed by atoms with Crippen molar-refractivity contribution < 1.29 is 49.0 Å². The molecule has 25 aromatic rings. The molecule has 0 radical (unpaired) electrons. The molecule has 0 aliphatic heterocycles. The first kappa shape index (κ1) is 76.6. The second kappa shape index (κ2) is 32.2. The van der Waals surface area contributed by atoms with Gasteiger partial charge in [0, 0.05) is 116 Å². The summed E-state index contributed by atoms with van der Waals surface area (Å²) in [6.45, 7) is 14.4. The van der Waals surface area contributed by atoms with E-state index in [1.165, 1.54) is 32.7 Å². The molecule has 15 aromatic carbocycles. The summed E-state index contributed by atoms with van der Waals surface area (Å²) in [6, 6.07) is 85.5. The van der Waals surface area contributed by atoms with Crippen molar-refractivity contribution in [2.45, 2.75) is 62.2 Å². The van der Waals surface area contributed by atoms with Gasteiger partial charge in [0.1, 0.15) is 81.4 Å². The van der Waals surface area contributed by atoms with Crippen molar-refractivity contribution in [2.75, 3.05) is 0 Å². The molecule has 0 spiro atoms. The lowest BCUT2D eigenvalue weighted by Crippen LogP contribution is -2.32. The van der Waals surface area contributed by atoms with Crippen LogP contribution in [0.5, 0.6) is 0 Å². The van der Waals surface area contributed by atoms with Crippen LogP contribution in [0.2, 0.25) is 0 Å². The van der Waals surface area contributed by atoms with Gasteiger partial charge in [-0.3, -0.25) is 4.98 Å². The van der Waals surface area contributed by atoms with E-state index in [4.69, 9.17) is 36.2 Å². The van der Waals surface area contributed by atoms with Crippen LogP contribution < -0.4 is 22.8 Å². The normalized spacial score (nSPS) is 12.1. The zero-order chi connectivity index (χ0) is 90.8. The fourth-order valence-electron chi connectivity index (χ4n) is 18.8. The quantitative estimate of drug-likeness (QED) is 0.152. The minimum atomic E-state index is -2.25. The van der Waals surface area contributed by atoms with Crippen LogP contribution in [0.1, 0.15) is 54.3 Å². The standard InChI is InChI=1S/4C23H19N2O.C22H17N2O/c1-14-13-19-18-10-9-16-7-4-5-8-17(16)21(18)26-22(19)20(15(14)2)23-24-11-6-12-25(23)3;1-14-12-24-23(25(3)13-14)20-15(2)8-10-19-18-11-9-16-6-4-5-7-17(16)21(18)26-22(19)20;1-14-8-10-19-18-11-9-16-6-4-5-7-17(16)21(18)26-22(19)20(14)23-24-15(2)12-13-25(23)3;1-14-12-15(2)21(19-13-24-10-11-25(19)3)23-20(14)18-9-8-16-6-4-5-7-17(16)22(18)26-23;1-14-8-10-18-17-11-9-15-6-3-4-7-16(15)20(17)25-21(18)19(14)22-23-12-5-13-24(22)2/h4*4-13H,1-3H3;3-13H,1-2H3/q5*+1/i;;;1D3;. The number of benzene rings is 15. The van der Waals surface area contributed by atoms with Crippen molar-refractivity contribution >= 4 is 164 Å². The Balaban J connectivity index is 0.0000000995. The van der Waals surface area contributed by atoms with Crippen LogP contribution in [0.25, 0.3) is 220 Å². The van der Waals surface area contributed by atoms with E-state index in [-0.39, 0.29) is 0 Å². The van der Waals surface area contributed by atoms with Crippen molar-refractivity contribution in [3.63, 3.8) is 0 Å². The van der Waals surface area contributed by atoms with Crippen LogP contribution in [-0.2, 0) is 35.2 Å². The molecule has 129 heavy (non-hydrogen) atoms. The van der Waals surface area contributed by atoms with Crippen molar-refractivity contribution in [2.24, 2.45) is 35.2 Å². The molecule has 0 bridgehead atoms. The number of furan rings is 5. The maximum Gasteiger partial charge on any atom is 0.334 e. The summed E-state index contributed by atoms with van der Waals surface area (Å²) in [6.07, 6.45) is 19.1. The predicted octanol–water partition coefficient (Wildman–Crippen LogP) is 25.9. The zero-order valence-electron chi connectivity index (χ0n) is 77.0. The first-order chi connectivity index (χ1) is 64.0. The fraction of sp³-hybridized carbons (Fsp3) is 0.123. The van der Waals surface area contributed by atoms with Gasteiger partial charge >= 0.3 is 23.3 Å². The van der Waals surface area contributed by atoms with Gasteiger partial charge in [0.15, 0.2) is 34.2 Å². The van der Waals surface area contributed by atoms with Crippen LogP contribution in [0.15, 0.2) is 333 Å². The van der Waals surface area contributed by atoms with Crippen LogP contribution in [0, 0.1) is 62.2 Å². The highest BCUT2D eigenvalue weighted by Gasteiger charge is 2.30. The van der Waals surface area contributed by atoms with E-state index >= 15 is 0 Å². The van der Waals surface area contributed by atoms with Crippen LogP contribution in [-0.4, -0.2) is 24.9 Å². The molecule has 25 rings (SSSR count). The fourth-order valence-corrected chi connectivity index (χ4v) is 18.8. The third-order valence-corrected chi connectivity index (χ3v) is 25.5. The number of rotatable bonds is 5. The number of aromatic nitrogens is 10. The lowest BCUT2D eigenvalue weighted by molar-refractivity contribution is -0.663. The second-order valence-electron chi connectivity index (χ2n) is 33.9. The van der Waals surface area contributed by atoms with Crippen molar-refractivity contribution in [1.29, 1.82) is 0 Å². The number of hydrogen-bond donors (Lipinski definition) is 0. The molecule has 624 valence electrons. The summed E-state index contributed by atoms with van der Waals surface area (Å²) in [5.74, 6) is 3.68. The summed E-state index contributed by atoms with van der Waals surface area (Å²) < 4.78 is 66.8. The molecule has 15 nitrogen and oxygen atoms in total. The predicted molar refractivity (Wildman–Crippen MR) is 521 cm³/mol. The van der Waals surface area contributed by atoms with Gasteiger partial charge in [-0.2, -0.15) is 4.57 Å². The number of fused-ring (bicyclic) bond motifs is 25. The van der Waals surface area contributed by atoms with E-state index in [0.29, 0.717) is 22.1 Å². The Bertz CT molecular complexity index is 9050. The molecule has 0 saturated heterocycles. The Labute approximate surface area is 748 Å². The van der Waals surface area contributed by atoms with Gasteiger partial charge in [-0.05, 0) is 178 Å². The maximum absolute atomic E-state index is 8.12. The molecular formula is C114H93N10O5+5. The molecular weight excluding hydrogens is 1590 g/mol. The summed E-state index contributed by atoms with van der Waals surface area (Å²) in [5, 5.41) is 22.0. The molecule has 0 aliphatic carbocycles. The third kappa shape index (κ3) is 13.7. The molecule has 0 saturated carbocycles. The topological polar surface area (TPSA) is 150 Å². The maximum atomic E-state index is 8.12. The summed E-state index contributed by atoms with van der Waals surface area (Å²) >= 11 is 0. The van der Waals surface area contributed by atoms with E-state index in [1.807, 2.05) is 161 Å². The SMILES string of the molecule is Cc1cc2c(oc3c4ccccc4ccc23)c(-c2nccc[n+]2C)c1C.Cc1cc[n+](C)c(-c2c(C)ccc3c2oc2c4ccccc4ccc32)n1.Cc1ccc2c(oc3c4ccccc4ccc23)c1-c1nccc[n+]1C.Cc1cnc(-c2c(C)ccc3c2oc2c4ccccc4ccc32)[n+](C)c1.[2H]C([2H])([2H])c1cc(C)c(-c2cncc[n+]2C)c2oc3c4ccccc4ccc3c12. The van der Waals surface area contributed by atoms with Gasteiger partial charge in [-0.15, -0.1) is 0 Å². The lowest BCUT2D eigenvalue weighted by atomic mass is 9.97. The van der Waals surface area contributed by atoms with E-state index in [0.717, 1.165) is 216 Å². The number of nitrogens with zero attached hydrogens (tertiary/aromatic N) is 10. The van der Waals surface area contributed by atoms with Gasteiger partial charge < -0.3 is 22.1 Å². The third-order valence-electron chi connectivity index (χ3n) is 25.5. The lowest BCUT2D eigenvalue weighted by Gasteiger charge is -2.07. The first-order valence-corrected chi connectivity index (χ1v) is 43.3. The molecule has 0 N–H and O–H groups in total. The molecule has 0 fully saturated rings. The number of hydrogen-bond acceptors (Lipinski definition) is 10. The van der Waals surface area contributed by atoms with E-state index in [2.05, 4.69) is 260 Å². The summed E-state index contributed by atoms with van der Waals surface area (Å²) in [4.78, 5) is 23.0. The Hall–Kier alpha value is -16.0. The van der Waals surface area contributed by atoms with Gasteiger partial charge in [0.05, 0.1) is 70.9 Å². The van der Waals surface area contributed by atoms with Gasteiger partial charge in [-0.25, -0.2) is 18.3 Å². The largest absolute Gasteiger partial charge is 0.454 e. The monoisotopic (exact) mass is 1680 g/mol. The van der Waals surface area contributed by atoms with Crippen LogP contribution in [0.3, 0.4) is 0 Å². The van der Waals surface area contributed by atoms with Crippen molar-refractivity contribution in [3.05, 3.63) is 361 Å². The Morgan fingerprint density at radius 3 is 1.09 bits per heavy atom. The molecule has 0 amide bonds. The second-order valence-corrected chi connectivity index (χ2v) is 33.9. The van der Waals surface area contributed by atoms with E-state index in [9.17, 15) is 0 Å². The highest BCUT2D eigenvalue weighted by Crippen LogP contribution is 2.47. The highest BCUT2D eigenvalue weighted by molar-refractivity contribution is 6.22. The molecule has 10 heterocycles. The van der Waals surface area contributed by atoms with E-state index in [1.54, 1.807) is 18.5 Å². The molecule has 0 atom stereocenters. The Morgan fingerprint density at radius 2 is 0.643 bits per heavy atom. The smallest absolute Gasteiger partial charge is 0.334 e. The van der Waals surface area contributed by atoms with Crippen LogP contribution >= 0.6 is 0 Å². The Kier molecular flexibility index (Phi) is 19.1. The average molecular weight is 1690 g/mol. The van der Waals surface area contributed by atoms with E-state index < -0.39 is 6.85 Å². The highest BCUT2D eigenvalue weighted by atomic mass is 16.3. The average Bonchev–Trinajstić information content (AvgIpc) is 1.51. The van der Waals surface area contributed by atoms with Gasteiger partial charge in [-0.1, -0.05) is 194 Å².